The molecule has 1 rings (SSSR count). The first kappa shape index (κ1) is 13.7. The summed E-state index contributed by atoms with van der Waals surface area (Å²) in [5, 5.41) is 13.2. The number of hydrogen-bond acceptors (Lipinski definition) is 3. The van der Waals surface area contributed by atoms with Gasteiger partial charge in [-0.05, 0) is 12.8 Å². The zero-order chi connectivity index (χ0) is 12.8. The molecule has 0 saturated heterocycles. The van der Waals surface area contributed by atoms with Crippen molar-refractivity contribution in [2.24, 2.45) is 7.05 Å². The molecule has 96 valence electrons. The van der Waals surface area contributed by atoms with Gasteiger partial charge in [0.25, 0.3) is 5.91 Å². The Bertz CT molecular complexity index is 368. The minimum absolute atomic E-state index is 0.00649. The van der Waals surface area contributed by atoms with E-state index in [9.17, 15) is 4.79 Å². The lowest BCUT2D eigenvalue weighted by molar-refractivity contribution is 0.0721. The molecule has 1 heterocycles. The summed E-state index contributed by atoms with van der Waals surface area (Å²) in [6.45, 7) is 5.03. The molecular formula is C12H21N3O2. The summed E-state index contributed by atoms with van der Waals surface area (Å²) in [5.74, 6) is -0.0362. The first-order valence-electron chi connectivity index (χ1n) is 6.06. The van der Waals surface area contributed by atoms with E-state index >= 15 is 0 Å². The molecule has 17 heavy (non-hydrogen) atoms. The van der Waals surface area contributed by atoms with Crippen LogP contribution in [0.5, 0.6) is 0 Å². The van der Waals surface area contributed by atoms with Crippen LogP contribution in [0.1, 0.15) is 36.3 Å². The number of aryl methyl sites for hydroxylation is 2. The fraction of sp³-hybridized carbons (Fsp3) is 0.667. The van der Waals surface area contributed by atoms with Crippen LogP contribution in [0.3, 0.4) is 0 Å². The molecule has 0 aliphatic rings. The molecule has 0 aliphatic carbocycles. The molecule has 0 radical (unpaired) electrons. The van der Waals surface area contributed by atoms with Gasteiger partial charge in [-0.3, -0.25) is 9.48 Å². The van der Waals surface area contributed by atoms with Crippen molar-refractivity contribution < 1.29 is 9.90 Å². The molecule has 0 aliphatic heterocycles. The van der Waals surface area contributed by atoms with Gasteiger partial charge in [-0.25, -0.2) is 0 Å². The fourth-order valence-electron chi connectivity index (χ4n) is 1.85. The van der Waals surface area contributed by atoms with Gasteiger partial charge in [0.1, 0.15) is 0 Å². The molecule has 0 unspecified atom stereocenters. The minimum atomic E-state index is -0.0362. The Kier molecular flexibility index (Phi) is 5.15. The Hall–Kier alpha value is -1.36. The molecule has 1 aromatic rings. The Balaban J connectivity index is 2.91. The van der Waals surface area contributed by atoms with Crippen molar-refractivity contribution in [3.8, 4) is 0 Å². The van der Waals surface area contributed by atoms with E-state index < -0.39 is 0 Å². The molecular weight excluding hydrogens is 218 g/mol. The maximum absolute atomic E-state index is 12.3. The number of rotatable bonds is 6. The van der Waals surface area contributed by atoms with Crippen LogP contribution in [0, 0.1) is 0 Å². The number of aliphatic hydroxyl groups is 1. The molecule has 0 aromatic carbocycles. The maximum atomic E-state index is 12.3. The number of aromatic nitrogens is 2. The van der Waals surface area contributed by atoms with Crippen molar-refractivity contribution in [3.63, 3.8) is 0 Å². The van der Waals surface area contributed by atoms with E-state index in [0.29, 0.717) is 18.7 Å². The third kappa shape index (κ3) is 3.30. The summed E-state index contributed by atoms with van der Waals surface area (Å²) in [6, 6.07) is 0. The van der Waals surface area contributed by atoms with Crippen LogP contribution < -0.4 is 0 Å². The highest BCUT2D eigenvalue weighted by Gasteiger charge is 2.19. The molecule has 1 N–H and O–H groups in total. The largest absolute Gasteiger partial charge is 0.395 e. The molecule has 0 fully saturated rings. The molecule has 0 atom stereocenters. The topological polar surface area (TPSA) is 58.4 Å². The molecule has 0 saturated carbocycles. The molecule has 0 spiro atoms. The van der Waals surface area contributed by atoms with Gasteiger partial charge in [-0.15, -0.1) is 0 Å². The highest BCUT2D eigenvalue weighted by Crippen LogP contribution is 2.11. The lowest BCUT2D eigenvalue weighted by Crippen LogP contribution is -2.34. The smallest absolute Gasteiger partial charge is 0.257 e. The van der Waals surface area contributed by atoms with Crippen molar-refractivity contribution in [2.45, 2.75) is 26.7 Å². The lowest BCUT2D eigenvalue weighted by Gasteiger charge is -2.20. The van der Waals surface area contributed by atoms with Crippen LogP contribution in [0.15, 0.2) is 6.20 Å². The van der Waals surface area contributed by atoms with Crippen molar-refractivity contribution in [1.29, 1.82) is 0 Å². The number of carbonyl (C=O) groups is 1. The number of aliphatic hydroxyl groups excluding tert-OH is 1. The summed E-state index contributed by atoms with van der Waals surface area (Å²) in [7, 11) is 1.81. The molecule has 5 heteroatoms. The minimum Gasteiger partial charge on any atom is -0.395 e. The second kappa shape index (κ2) is 6.39. The predicted molar refractivity (Wildman–Crippen MR) is 65.9 cm³/mol. The van der Waals surface area contributed by atoms with Gasteiger partial charge in [0, 0.05) is 26.3 Å². The molecule has 1 amide bonds. The van der Waals surface area contributed by atoms with E-state index in [4.69, 9.17) is 5.11 Å². The van der Waals surface area contributed by atoms with Crippen LogP contribution in [0.2, 0.25) is 0 Å². The Morgan fingerprint density at radius 1 is 1.47 bits per heavy atom. The average molecular weight is 239 g/mol. The average Bonchev–Trinajstić information content (AvgIpc) is 2.69. The second-order valence-electron chi connectivity index (χ2n) is 4.03. The Morgan fingerprint density at radius 3 is 2.71 bits per heavy atom. The monoisotopic (exact) mass is 239 g/mol. The number of carbonyl (C=O) groups excluding carboxylic acids is 1. The van der Waals surface area contributed by atoms with E-state index in [1.54, 1.807) is 15.8 Å². The van der Waals surface area contributed by atoms with Gasteiger partial charge in [0.2, 0.25) is 0 Å². The van der Waals surface area contributed by atoms with Gasteiger partial charge in [0.05, 0.1) is 17.9 Å². The van der Waals surface area contributed by atoms with Crippen molar-refractivity contribution in [2.75, 3.05) is 19.7 Å². The normalized spacial score (nSPS) is 10.6. The van der Waals surface area contributed by atoms with Crippen LogP contribution in [-0.4, -0.2) is 45.4 Å². The van der Waals surface area contributed by atoms with E-state index in [2.05, 4.69) is 5.10 Å². The number of amides is 1. The molecule has 0 bridgehead atoms. The van der Waals surface area contributed by atoms with Gasteiger partial charge in [-0.1, -0.05) is 13.8 Å². The molecule has 5 nitrogen and oxygen atoms in total. The van der Waals surface area contributed by atoms with Crippen molar-refractivity contribution in [3.05, 3.63) is 17.5 Å². The first-order valence-corrected chi connectivity index (χ1v) is 6.06. The SMILES string of the molecule is CCCN(CCO)C(=O)c1cn(C)nc1CC. The zero-order valence-corrected chi connectivity index (χ0v) is 10.8. The Labute approximate surface area is 102 Å². The zero-order valence-electron chi connectivity index (χ0n) is 10.8. The third-order valence-corrected chi connectivity index (χ3v) is 2.62. The third-order valence-electron chi connectivity index (χ3n) is 2.62. The second-order valence-corrected chi connectivity index (χ2v) is 4.03. The lowest BCUT2D eigenvalue weighted by atomic mass is 10.2. The van der Waals surface area contributed by atoms with Crippen LogP contribution in [-0.2, 0) is 13.5 Å². The van der Waals surface area contributed by atoms with E-state index in [-0.39, 0.29) is 12.5 Å². The summed E-state index contributed by atoms with van der Waals surface area (Å²) in [6.07, 6.45) is 3.37. The van der Waals surface area contributed by atoms with Crippen LogP contribution in [0.4, 0.5) is 0 Å². The first-order chi connectivity index (χ1) is 8.13. The van der Waals surface area contributed by atoms with E-state index in [1.807, 2.05) is 20.9 Å². The van der Waals surface area contributed by atoms with Crippen LogP contribution >= 0.6 is 0 Å². The Morgan fingerprint density at radius 2 is 2.18 bits per heavy atom. The fourth-order valence-corrected chi connectivity index (χ4v) is 1.85. The van der Waals surface area contributed by atoms with Crippen molar-refractivity contribution >= 4 is 5.91 Å². The maximum Gasteiger partial charge on any atom is 0.257 e. The summed E-state index contributed by atoms with van der Waals surface area (Å²) < 4.78 is 1.66. The van der Waals surface area contributed by atoms with E-state index in [0.717, 1.165) is 18.5 Å². The number of hydrogen-bond donors (Lipinski definition) is 1. The summed E-state index contributed by atoms with van der Waals surface area (Å²) in [4.78, 5) is 14.0. The predicted octanol–water partition coefficient (Wildman–Crippen LogP) is 0.827. The highest BCUT2D eigenvalue weighted by molar-refractivity contribution is 5.95. The van der Waals surface area contributed by atoms with Gasteiger partial charge in [-0.2, -0.15) is 5.10 Å². The van der Waals surface area contributed by atoms with Crippen molar-refractivity contribution in [1.82, 2.24) is 14.7 Å². The standard InChI is InChI=1S/C12H21N3O2/c1-4-6-15(7-8-16)12(17)10-9-14(3)13-11(10)5-2/h9,16H,4-8H2,1-3H3. The van der Waals surface area contributed by atoms with E-state index in [1.165, 1.54) is 0 Å². The van der Waals surface area contributed by atoms with Crippen LogP contribution in [0.25, 0.3) is 0 Å². The molecule has 1 aromatic heterocycles. The van der Waals surface area contributed by atoms with Gasteiger partial charge < -0.3 is 10.0 Å². The highest BCUT2D eigenvalue weighted by atomic mass is 16.3. The summed E-state index contributed by atoms with van der Waals surface area (Å²) >= 11 is 0. The summed E-state index contributed by atoms with van der Waals surface area (Å²) in [5.41, 5.74) is 1.47. The van der Waals surface area contributed by atoms with Gasteiger partial charge in [0.15, 0.2) is 0 Å². The number of nitrogens with zero attached hydrogens (tertiary/aromatic N) is 3. The quantitative estimate of drug-likeness (QED) is 0.800. The van der Waals surface area contributed by atoms with Gasteiger partial charge >= 0.3 is 0 Å².